The fraction of sp³-hybridized carbons (Fsp3) is 0.111. The van der Waals surface area contributed by atoms with Crippen LogP contribution in [0.5, 0.6) is 0 Å². The highest BCUT2D eigenvalue weighted by atomic mass is 16.2. The van der Waals surface area contributed by atoms with Gasteiger partial charge in [0.25, 0.3) is 11.8 Å². The molecular formula is C36H32N2O2. The van der Waals surface area contributed by atoms with E-state index in [1.165, 1.54) is 0 Å². The van der Waals surface area contributed by atoms with Gasteiger partial charge in [-0.05, 0) is 46.5 Å². The predicted molar refractivity (Wildman–Crippen MR) is 159 cm³/mol. The van der Waals surface area contributed by atoms with Crippen molar-refractivity contribution in [2.24, 2.45) is 0 Å². The average molecular weight is 525 g/mol. The highest BCUT2D eigenvalue weighted by Gasteiger charge is 2.20. The second-order valence-corrected chi connectivity index (χ2v) is 9.84. The van der Waals surface area contributed by atoms with Crippen LogP contribution in [-0.4, -0.2) is 21.6 Å². The summed E-state index contributed by atoms with van der Waals surface area (Å²) in [7, 11) is 0. The molecule has 0 atom stereocenters. The molecule has 0 unspecified atom stereocenters. The summed E-state index contributed by atoms with van der Waals surface area (Å²) in [6.07, 6.45) is 0. The van der Waals surface area contributed by atoms with E-state index in [2.05, 4.69) is 0 Å². The molecule has 0 saturated carbocycles. The fourth-order valence-corrected chi connectivity index (χ4v) is 4.73. The van der Waals surface area contributed by atoms with Crippen LogP contribution < -0.4 is 0 Å². The van der Waals surface area contributed by atoms with Gasteiger partial charge in [0.15, 0.2) is 0 Å². The maximum absolute atomic E-state index is 13.7. The van der Waals surface area contributed by atoms with E-state index in [4.69, 9.17) is 0 Å². The summed E-state index contributed by atoms with van der Waals surface area (Å²) in [6, 6.07) is 47.1. The van der Waals surface area contributed by atoms with Gasteiger partial charge < -0.3 is 9.80 Å². The summed E-state index contributed by atoms with van der Waals surface area (Å²) >= 11 is 0. The Labute approximate surface area is 236 Å². The number of benzene rings is 5. The summed E-state index contributed by atoms with van der Waals surface area (Å²) in [4.78, 5) is 31.1. The van der Waals surface area contributed by atoms with Crippen LogP contribution in [0.3, 0.4) is 0 Å². The summed E-state index contributed by atoms with van der Waals surface area (Å²) in [6.45, 7) is 1.99. The largest absolute Gasteiger partial charge is 0.330 e. The number of amides is 2. The molecule has 0 aliphatic rings. The van der Waals surface area contributed by atoms with E-state index < -0.39 is 0 Å². The molecule has 5 aromatic rings. The Morgan fingerprint density at radius 1 is 0.350 bits per heavy atom. The average Bonchev–Trinajstić information content (AvgIpc) is 3.02. The van der Waals surface area contributed by atoms with Gasteiger partial charge >= 0.3 is 0 Å². The molecule has 0 aromatic heterocycles. The van der Waals surface area contributed by atoms with E-state index in [1.807, 2.05) is 131 Å². The van der Waals surface area contributed by atoms with Crippen molar-refractivity contribution < 1.29 is 9.59 Å². The van der Waals surface area contributed by atoms with Crippen LogP contribution in [0.15, 0.2) is 146 Å². The van der Waals surface area contributed by atoms with E-state index >= 15 is 0 Å². The van der Waals surface area contributed by atoms with Gasteiger partial charge in [-0.15, -0.1) is 0 Å². The Bertz CT molecular complexity index is 1300. The Morgan fingerprint density at radius 2 is 0.575 bits per heavy atom. The predicted octanol–water partition coefficient (Wildman–Crippen LogP) is 7.37. The zero-order valence-electron chi connectivity index (χ0n) is 22.4. The fourth-order valence-electron chi connectivity index (χ4n) is 4.73. The Kier molecular flexibility index (Phi) is 8.80. The van der Waals surface area contributed by atoms with Gasteiger partial charge in [0.05, 0.1) is 0 Å². The molecule has 0 radical (unpaired) electrons. The minimum atomic E-state index is -0.0721. The van der Waals surface area contributed by atoms with Gasteiger partial charge in [0, 0.05) is 37.3 Å². The lowest BCUT2D eigenvalue weighted by atomic mass is 10.1. The van der Waals surface area contributed by atoms with Crippen LogP contribution in [0.25, 0.3) is 0 Å². The first kappa shape index (κ1) is 26.6. The first-order chi connectivity index (χ1) is 19.7. The van der Waals surface area contributed by atoms with Gasteiger partial charge in [-0.1, -0.05) is 121 Å². The first-order valence-corrected chi connectivity index (χ1v) is 13.5. The van der Waals surface area contributed by atoms with Crippen molar-refractivity contribution in [2.75, 3.05) is 0 Å². The van der Waals surface area contributed by atoms with Gasteiger partial charge in [0.1, 0.15) is 0 Å². The molecule has 2 amide bonds. The highest BCUT2D eigenvalue weighted by Crippen LogP contribution is 2.18. The molecule has 4 heteroatoms. The Balaban J connectivity index is 1.36. The van der Waals surface area contributed by atoms with Crippen LogP contribution in [0, 0.1) is 0 Å². The van der Waals surface area contributed by atoms with Gasteiger partial charge in [-0.25, -0.2) is 0 Å². The summed E-state index contributed by atoms with van der Waals surface area (Å²) < 4.78 is 0. The van der Waals surface area contributed by atoms with Crippen LogP contribution in [0.4, 0.5) is 0 Å². The van der Waals surface area contributed by atoms with E-state index in [0.717, 1.165) is 22.3 Å². The molecule has 0 bridgehead atoms. The molecular weight excluding hydrogens is 492 g/mol. The third kappa shape index (κ3) is 7.12. The minimum Gasteiger partial charge on any atom is -0.330 e. The van der Waals surface area contributed by atoms with E-state index in [-0.39, 0.29) is 11.8 Å². The van der Waals surface area contributed by atoms with E-state index in [0.29, 0.717) is 37.3 Å². The van der Waals surface area contributed by atoms with Crippen molar-refractivity contribution in [1.82, 2.24) is 9.80 Å². The zero-order chi connectivity index (χ0) is 27.6. The lowest BCUT2D eigenvalue weighted by molar-refractivity contribution is 0.0718. The third-order valence-electron chi connectivity index (χ3n) is 6.82. The molecule has 198 valence electrons. The normalized spacial score (nSPS) is 10.6. The molecule has 0 heterocycles. The van der Waals surface area contributed by atoms with Gasteiger partial charge in [0.2, 0.25) is 0 Å². The van der Waals surface area contributed by atoms with Crippen molar-refractivity contribution in [3.05, 3.63) is 179 Å². The van der Waals surface area contributed by atoms with Gasteiger partial charge in [-0.2, -0.15) is 0 Å². The smallest absolute Gasteiger partial charge is 0.254 e. The number of nitrogens with zero attached hydrogens (tertiary/aromatic N) is 2. The number of carbonyl (C=O) groups excluding carboxylic acids is 2. The van der Waals surface area contributed by atoms with Crippen LogP contribution in [0.1, 0.15) is 43.0 Å². The SMILES string of the molecule is O=C(c1ccc(C(=O)N(Cc2ccccc2)Cc2ccccc2)cc1)N(Cc1ccccc1)Cc1ccccc1. The zero-order valence-corrected chi connectivity index (χ0v) is 22.4. The molecule has 0 fully saturated rings. The Morgan fingerprint density at radius 3 is 0.800 bits per heavy atom. The molecule has 0 aliphatic heterocycles. The lowest BCUT2D eigenvalue weighted by Crippen LogP contribution is -2.31. The Hall–Kier alpha value is -4.96. The molecule has 0 aliphatic carbocycles. The lowest BCUT2D eigenvalue weighted by Gasteiger charge is -2.24. The molecule has 0 spiro atoms. The van der Waals surface area contributed by atoms with Crippen molar-refractivity contribution in [3.63, 3.8) is 0 Å². The van der Waals surface area contributed by atoms with Crippen LogP contribution in [0.2, 0.25) is 0 Å². The van der Waals surface area contributed by atoms with E-state index in [1.54, 1.807) is 24.3 Å². The van der Waals surface area contributed by atoms with Gasteiger partial charge in [-0.3, -0.25) is 9.59 Å². The number of rotatable bonds is 10. The van der Waals surface area contributed by atoms with Crippen LogP contribution in [-0.2, 0) is 26.2 Å². The summed E-state index contributed by atoms with van der Waals surface area (Å²) in [5.74, 6) is -0.144. The molecule has 5 aromatic carbocycles. The standard InChI is InChI=1S/C36H32N2O2/c39-35(37(25-29-13-5-1-6-14-29)26-30-15-7-2-8-16-30)33-21-23-34(24-22-33)36(40)38(27-31-17-9-3-10-18-31)28-32-19-11-4-12-20-32/h1-24H,25-28H2. The maximum atomic E-state index is 13.7. The van der Waals surface area contributed by atoms with Crippen molar-refractivity contribution in [3.8, 4) is 0 Å². The summed E-state index contributed by atoms with van der Waals surface area (Å²) in [5, 5.41) is 0. The molecule has 0 saturated heterocycles. The van der Waals surface area contributed by atoms with Crippen LogP contribution >= 0.6 is 0 Å². The quantitative estimate of drug-likeness (QED) is 0.191. The van der Waals surface area contributed by atoms with E-state index in [9.17, 15) is 9.59 Å². The van der Waals surface area contributed by atoms with Crippen molar-refractivity contribution in [2.45, 2.75) is 26.2 Å². The monoisotopic (exact) mass is 524 g/mol. The number of carbonyl (C=O) groups is 2. The summed E-state index contributed by atoms with van der Waals surface area (Å²) in [5.41, 5.74) is 5.38. The minimum absolute atomic E-state index is 0.0721. The highest BCUT2D eigenvalue weighted by molar-refractivity contribution is 5.97. The first-order valence-electron chi connectivity index (χ1n) is 13.5. The maximum Gasteiger partial charge on any atom is 0.254 e. The molecule has 40 heavy (non-hydrogen) atoms. The topological polar surface area (TPSA) is 40.6 Å². The number of hydrogen-bond acceptors (Lipinski definition) is 2. The number of hydrogen-bond donors (Lipinski definition) is 0. The molecule has 5 rings (SSSR count). The molecule has 4 nitrogen and oxygen atoms in total. The van der Waals surface area contributed by atoms with Crippen molar-refractivity contribution in [1.29, 1.82) is 0 Å². The molecule has 0 N–H and O–H groups in total. The second kappa shape index (κ2) is 13.2. The third-order valence-corrected chi connectivity index (χ3v) is 6.82. The van der Waals surface area contributed by atoms with Crippen molar-refractivity contribution >= 4 is 11.8 Å². The second-order valence-electron chi connectivity index (χ2n) is 9.84.